The van der Waals surface area contributed by atoms with Crippen LogP contribution in [-0.2, 0) is 10.0 Å². The molecule has 6 nitrogen and oxygen atoms in total. The quantitative estimate of drug-likeness (QED) is 0.571. The van der Waals surface area contributed by atoms with Gasteiger partial charge in [0.1, 0.15) is 5.76 Å². The molecule has 134 valence electrons. The standard InChI is InChI=1S/C17H11BrClNO5S/c18-11-2-4-12(5-3-11)26(23,24)20-14-9-10(1-6-13(14)19)15-7-8-16(25-15)17(21)22/h1-9,20H,(H,21,22). The predicted molar refractivity (Wildman–Crippen MR) is 101 cm³/mol. The summed E-state index contributed by atoms with van der Waals surface area (Å²) in [6.45, 7) is 0. The predicted octanol–water partition coefficient (Wildman–Crippen LogP) is 4.86. The molecular weight excluding hydrogens is 446 g/mol. The summed E-state index contributed by atoms with van der Waals surface area (Å²) >= 11 is 9.35. The van der Waals surface area contributed by atoms with E-state index in [-0.39, 0.29) is 27.1 Å². The van der Waals surface area contributed by atoms with Crippen molar-refractivity contribution in [3.8, 4) is 11.3 Å². The molecule has 0 atom stereocenters. The van der Waals surface area contributed by atoms with Gasteiger partial charge in [0.25, 0.3) is 10.0 Å². The van der Waals surface area contributed by atoms with Gasteiger partial charge in [0.2, 0.25) is 5.76 Å². The van der Waals surface area contributed by atoms with Gasteiger partial charge in [0.15, 0.2) is 0 Å². The molecule has 0 saturated heterocycles. The molecule has 0 radical (unpaired) electrons. The zero-order valence-corrected chi connectivity index (χ0v) is 16.1. The largest absolute Gasteiger partial charge is 0.475 e. The number of hydrogen-bond acceptors (Lipinski definition) is 4. The minimum Gasteiger partial charge on any atom is -0.475 e. The first-order valence-corrected chi connectivity index (χ1v) is 9.83. The lowest BCUT2D eigenvalue weighted by atomic mass is 10.1. The fraction of sp³-hybridized carbons (Fsp3) is 0. The fourth-order valence-electron chi connectivity index (χ4n) is 2.18. The molecule has 3 rings (SSSR count). The normalized spacial score (nSPS) is 11.3. The lowest BCUT2D eigenvalue weighted by Crippen LogP contribution is -2.13. The molecule has 2 N–H and O–H groups in total. The average molecular weight is 457 g/mol. The summed E-state index contributed by atoms with van der Waals surface area (Å²) in [6, 6.07) is 13.5. The Bertz CT molecular complexity index is 1080. The third kappa shape index (κ3) is 3.92. The Labute approximate surface area is 162 Å². The molecule has 0 unspecified atom stereocenters. The lowest BCUT2D eigenvalue weighted by Gasteiger charge is -2.11. The van der Waals surface area contributed by atoms with Crippen molar-refractivity contribution in [3.05, 3.63) is 69.9 Å². The highest BCUT2D eigenvalue weighted by atomic mass is 79.9. The lowest BCUT2D eigenvalue weighted by molar-refractivity contribution is 0.0663. The molecule has 0 aliphatic rings. The van der Waals surface area contributed by atoms with Crippen molar-refractivity contribution >= 4 is 49.2 Å². The number of hydrogen-bond donors (Lipinski definition) is 2. The number of halogens is 2. The maximum absolute atomic E-state index is 12.5. The van der Waals surface area contributed by atoms with Crippen LogP contribution in [-0.4, -0.2) is 19.5 Å². The fourth-order valence-corrected chi connectivity index (χ4v) is 3.74. The molecule has 0 aliphatic carbocycles. The van der Waals surface area contributed by atoms with Crippen LogP contribution in [0.2, 0.25) is 5.02 Å². The summed E-state index contributed by atoms with van der Waals surface area (Å²) in [6.07, 6.45) is 0. The third-order valence-corrected chi connectivity index (χ3v) is 5.68. The second-order valence-corrected chi connectivity index (χ2v) is 8.23. The molecule has 0 bridgehead atoms. The Morgan fingerprint density at radius 1 is 1.08 bits per heavy atom. The molecule has 26 heavy (non-hydrogen) atoms. The number of anilines is 1. The van der Waals surface area contributed by atoms with E-state index in [1.54, 1.807) is 18.2 Å². The SMILES string of the molecule is O=C(O)c1ccc(-c2ccc(Cl)c(NS(=O)(=O)c3ccc(Br)cc3)c2)o1. The molecule has 1 heterocycles. The van der Waals surface area contributed by atoms with Gasteiger partial charge >= 0.3 is 5.97 Å². The second-order valence-electron chi connectivity index (χ2n) is 5.22. The summed E-state index contributed by atoms with van der Waals surface area (Å²) in [5.41, 5.74) is 0.635. The highest BCUT2D eigenvalue weighted by Gasteiger charge is 2.17. The third-order valence-electron chi connectivity index (χ3n) is 3.44. The highest BCUT2D eigenvalue weighted by Crippen LogP contribution is 2.31. The summed E-state index contributed by atoms with van der Waals surface area (Å²) in [4.78, 5) is 11.0. The van der Waals surface area contributed by atoms with Crippen LogP contribution < -0.4 is 4.72 Å². The van der Waals surface area contributed by atoms with Crippen molar-refractivity contribution < 1.29 is 22.7 Å². The maximum Gasteiger partial charge on any atom is 0.371 e. The van der Waals surface area contributed by atoms with Crippen molar-refractivity contribution in [2.24, 2.45) is 0 Å². The number of sulfonamides is 1. The monoisotopic (exact) mass is 455 g/mol. The Morgan fingerprint density at radius 2 is 1.77 bits per heavy atom. The minimum absolute atomic E-state index is 0.0772. The zero-order chi connectivity index (χ0) is 18.9. The van der Waals surface area contributed by atoms with Gasteiger partial charge in [-0.15, -0.1) is 0 Å². The summed E-state index contributed by atoms with van der Waals surface area (Å²) in [5.74, 6) is -1.13. The molecule has 0 amide bonds. The Morgan fingerprint density at radius 3 is 2.38 bits per heavy atom. The van der Waals surface area contributed by atoms with E-state index >= 15 is 0 Å². The van der Waals surface area contributed by atoms with Crippen LogP contribution in [0.3, 0.4) is 0 Å². The zero-order valence-electron chi connectivity index (χ0n) is 12.9. The molecule has 0 fully saturated rings. The number of carbonyl (C=O) groups is 1. The summed E-state index contributed by atoms with van der Waals surface area (Å²) in [7, 11) is -3.84. The molecule has 0 saturated carbocycles. The van der Waals surface area contributed by atoms with E-state index in [1.807, 2.05) is 0 Å². The number of carboxylic acid groups (broad SMARTS) is 1. The Balaban J connectivity index is 1.95. The van der Waals surface area contributed by atoms with Crippen molar-refractivity contribution in [2.45, 2.75) is 4.90 Å². The van der Waals surface area contributed by atoms with E-state index in [0.29, 0.717) is 5.56 Å². The van der Waals surface area contributed by atoms with E-state index in [9.17, 15) is 13.2 Å². The van der Waals surface area contributed by atoms with E-state index in [4.69, 9.17) is 21.1 Å². The number of rotatable bonds is 5. The number of furan rings is 1. The topological polar surface area (TPSA) is 96.6 Å². The van der Waals surface area contributed by atoms with Crippen LogP contribution in [0.1, 0.15) is 10.6 Å². The van der Waals surface area contributed by atoms with Crippen molar-refractivity contribution in [3.63, 3.8) is 0 Å². The van der Waals surface area contributed by atoms with Crippen molar-refractivity contribution in [1.29, 1.82) is 0 Å². The summed E-state index contributed by atoms with van der Waals surface area (Å²) < 4.78 is 33.5. The Kier molecular flexibility index (Phi) is 5.08. The molecule has 3 aromatic rings. The van der Waals surface area contributed by atoms with Crippen molar-refractivity contribution in [2.75, 3.05) is 4.72 Å². The van der Waals surface area contributed by atoms with Gasteiger partial charge in [-0.2, -0.15) is 0 Å². The molecular formula is C17H11BrClNO5S. The smallest absolute Gasteiger partial charge is 0.371 e. The van der Waals surface area contributed by atoms with Crippen LogP contribution in [0.4, 0.5) is 5.69 Å². The van der Waals surface area contributed by atoms with Gasteiger partial charge in [-0.1, -0.05) is 27.5 Å². The number of carboxylic acids is 1. The molecule has 2 aromatic carbocycles. The van der Waals surface area contributed by atoms with Crippen LogP contribution in [0.5, 0.6) is 0 Å². The molecule has 0 aliphatic heterocycles. The number of nitrogens with one attached hydrogen (secondary N) is 1. The van der Waals surface area contributed by atoms with Crippen LogP contribution >= 0.6 is 27.5 Å². The van der Waals surface area contributed by atoms with E-state index in [1.165, 1.54) is 36.4 Å². The first-order chi connectivity index (χ1) is 12.3. The van der Waals surface area contributed by atoms with E-state index in [0.717, 1.165) is 4.47 Å². The average Bonchev–Trinajstić information content (AvgIpc) is 3.07. The number of benzene rings is 2. The maximum atomic E-state index is 12.5. The molecule has 0 spiro atoms. The number of aromatic carboxylic acids is 1. The van der Waals surface area contributed by atoms with Crippen LogP contribution in [0, 0.1) is 0 Å². The summed E-state index contributed by atoms with van der Waals surface area (Å²) in [5, 5.41) is 9.13. The van der Waals surface area contributed by atoms with Gasteiger partial charge in [0, 0.05) is 10.0 Å². The van der Waals surface area contributed by atoms with E-state index in [2.05, 4.69) is 20.7 Å². The van der Waals surface area contributed by atoms with Crippen LogP contribution in [0.15, 0.2) is 68.4 Å². The Hall–Kier alpha value is -2.29. The highest BCUT2D eigenvalue weighted by molar-refractivity contribution is 9.10. The first-order valence-electron chi connectivity index (χ1n) is 7.18. The van der Waals surface area contributed by atoms with Gasteiger partial charge in [-0.05, 0) is 54.6 Å². The van der Waals surface area contributed by atoms with E-state index < -0.39 is 16.0 Å². The molecule has 9 heteroatoms. The van der Waals surface area contributed by atoms with Crippen molar-refractivity contribution in [1.82, 2.24) is 0 Å². The van der Waals surface area contributed by atoms with Gasteiger partial charge < -0.3 is 9.52 Å². The first kappa shape index (κ1) is 18.5. The molecule has 1 aromatic heterocycles. The van der Waals surface area contributed by atoms with Gasteiger partial charge in [-0.3, -0.25) is 4.72 Å². The van der Waals surface area contributed by atoms with Crippen LogP contribution in [0.25, 0.3) is 11.3 Å². The van der Waals surface area contributed by atoms with Gasteiger partial charge in [0.05, 0.1) is 15.6 Å². The second kappa shape index (κ2) is 7.14. The minimum atomic E-state index is -3.84. The van der Waals surface area contributed by atoms with Gasteiger partial charge in [-0.25, -0.2) is 13.2 Å².